The highest BCUT2D eigenvalue weighted by Gasteiger charge is 2.12. The van der Waals surface area contributed by atoms with Gasteiger partial charge in [0.05, 0.1) is 0 Å². The van der Waals surface area contributed by atoms with Gasteiger partial charge < -0.3 is 10.1 Å². The highest BCUT2D eigenvalue weighted by Crippen LogP contribution is 2.26. The van der Waals surface area contributed by atoms with Gasteiger partial charge in [0.2, 0.25) is 0 Å². The lowest BCUT2D eigenvalue weighted by Gasteiger charge is -2.18. The molecule has 0 heterocycles. The van der Waals surface area contributed by atoms with Crippen LogP contribution in [0.3, 0.4) is 0 Å². The summed E-state index contributed by atoms with van der Waals surface area (Å²) in [6.45, 7) is 7.44. The molecule has 1 aromatic carbocycles. The average Bonchev–Trinajstić information content (AvgIpc) is 2.83. The van der Waals surface area contributed by atoms with Crippen molar-refractivity contribution in [1.82, 2.24) is 5.32 Å². The number of aryl methyl sites for hydroxylation is 2. The van der Waals surface area contributed by atoms with E-state index < -0.39 is 0 Å². The standard InChI is InChI=1S/C16H25NO/c1-4-12(2)17-11-13(3)18-16-9-8-14-6-5-7-15(14)10-16/h8-10,12-13,17H,4-7,11H2,1-3H3. The fourth-order valence-electron chi connectivity index (χ4n) is 2.41. The summed E-state index contributed by atoms with van der Waals surface area (Å²) in [5, 5.41) is 3.48. The van der Waals surface area contributed by atoms with E-state index in [0.29, 0.717) is 6.04 Å². The van der Waals surface area contributed by atoms with Gasteiger partial charge in [-0.1, -0.05) is 13.0 Å². The summed E-state index contributed by atoms with van der Waals surface area (Å²) in [7, 11) is 0. The Kier molecular flexibility index (Phi) is 4.65. The van der Waals surface area contributed by atoms with Crippen molar-refractivity contribution in [2.45, 2.75) is 58.6 Å². The fourth-order valence-corrected chi connectivity index (χ4v) is 2.41. The largest absolute Gasteiger partial charge is 0.489 e. The highest BCUT2D eigenvalue weighted by atomic mass is 16.5. The van der Waals surface area contributed by atoms with Gasteiger partial charge in [-0.15, -0.1) is 0 Å². The minimum absolute atomic E-state index is 0.221. The minimum atomic E-state index is 0.221. The van der Waals surface area contributed by atoms with Gasteiger partial charge in [-0.05, 0) is 62.8 Å². The summed E-state index contributed by atoms with van der Waals surface area (Å²) in [6, 6.07) is 7.13. The predicted molar refractivity (Wildman–Crippen MR) is 76.3 cm³/mol. The van der Waals surface area contributed by atoms with Crippen molar-refractivity contribution in [1.29, 1.82) is 0 Å². The maximum atomic E-state index is 5.97. The van der Waals surface area contributed by atoms with E-state index in [-0.39, 0.29) is 6.10 Å². The molecule has 2 nitrogen and oxygen atoms in total. The van der Waals surface area contributed by atoms with Gasteiger partial charge in [-0.3, -0.25) is 0 Å². The van der Waals surface area contributed by atoms with Crippen molar-refractivity contribution < 1.29 is 4.74 Å². The third-order valence-corrected chi connectivity index (χ3v) is 3.77. The van der Waals surface area contributed by atoms with E-state index >= 15 is 0 Å². The summed E-state index contributed by atoms with van der Waals surface area (Å²) in [5.74, 6) is 1.02. The quantitative estimate of drug-likeness (QED) is 0.832. The number of benzene rings is 1. The van der Waals surface area contributed by atoms with Crippen LogP contribution in [0.4, 0.5) is 0 Å². The van der Waals surface area contributed by atoms with Gasteiger partial charge >= 0.3 is 0 Å². The Morgan fingerprint density at radius 1 is 1.22 bits per heavy atom. The lowest BCUT2D eigenvalue weighted by atomic mass is 10.1. The molecule has 0 aromatic heterocycles. The predicted octanol–water partition coefficient (Wildman–Crippen LogP) is 3.33. The molecule has 1 aliphatic carbocycles. The van der Waals surface area contributed by atoms with Crippen LogP contribution in [-0.4, -0.2) is 18.7 Å². The zero-order valence-electron chi connectivity index (χ0n) is 11.8. The maximum Gasteiger partial charge on any atom is 0.120 e. The molecule has 0 spiro atoms. The molecule has 0 aliphatic heterocycles. The number of hydrogen-bond acceptors (Lipinski definition) is 2. The van der Waals surface area contributed by atoms with E-state index in [1.165, 1.54) is 30.4 Å². The van der Waals surface area contributed by atoms with E-state index in [1.807, 2.05) is 0 Å². The molecular formula is C16H25NO. The maximum absolute atomic E-state index is 5.97. The Labute approximate surface area is 111 Å². The van der Waals surface area contributed by atoms with Crippen molar-refractivity contribution >= 4 is 0 Å². The first-order valence-electron chi connectivity index (χ1n) is 7.21. The van der Waals surface area contributed by atoms with Crippen LogP contribution in [0.1, 0.15) is 44.7 Å². The van der Waals surface area contributed by atoms with Gasteiger partial charge in [0.1, 0.15) is 11.9 Å². The minimum Gasteiger partial charge on any atom is -0.489 e. The number of fused-ring (bicyclic) bond motifs is 1. The number of ether oxygens (including phenoxy) is 1. The smallest absolute Gasteiger partial charge is 0.120 e. The van der Waals surface area contributed by atoms with Crippen LogP contribution in [0, 0.1) is 0 Å². The van der Waals surface area contributed by atoms with Gasteiger partial charge in [-0.2, -0.15) is 0 Å². The second-order valence-corrected chi connectivity index (χ2v) is 5.43. The number of hydrogen-bond donors (Lipinski definition) is 1. The zero-order valence-corrected chi connectivity index (χ0v) is 11.8. The first kappa shape index (κ1) is 13.4. The molecule has 2 unspecified atom stereocenters. The Hall–Kier alpha value is -1.02. The van der Waals surface area contributed by atoms with Gasteiger partial charge in [0.25, 0.3) is 0 Å². The second-order valence-electron chi connectivity index (χ2n) is 5.43. The molecule has 0 saturated heterocycles. The van der Waals surface area contributed by atoms with E-state index in [4.69, 9.17) is 4.74 Å². The van der Waals surface area contributed by atoms with Crippen molar-refractivity contribution in [3.05, 3.63) is 29.3 Å². The molecule has 1 aromatic rings. The normalized spacial score (nSPS) is 17.3. The van der Waals surface area contributed by atoms with Crippen molar-refractivity contribution in [3.8, 4) is 5.75 Å². The third-order valence-electron chi connectivity index (χ3n) is 3.77. The summed E-state index contributed by atoms with van der Waals surface area (Å²) < 4.78 is 5.97. The molecule has 0 amide bonds. The SMILES string of the molecule is CCC(C)NCC(C)Oc1ccc2c(c1)CCC2. The summed E-state index contributed by atoms with van der Waals surface area (Å²) >= 11 is 0. The van der Waals surface area contributed by atoms with Crippen molar-refractivity contribution in [2.24, 2.45) is 0 Å². The fraction of sp³-hybridized carbons (Fsp3) is 0.625. The van der Waals surface area contributed by atoms with E-state index in [9.17, 15) is 0 Å². The molecule has 2 heteroatoms. The van der Waals surface area contributed by atoms with E-state index in [1.54, 1.807) is 0 Å². The molecule has 100 valence electrons. The van der Waals surface area contributed by atoms with Crippen molar-refractivity contribution in [3.63, 3.8) is 0 Å². The molecule has 0 bridgehead atoms. The third kappa shape index (κ3) is 3.49. The monoisotopic (exact) mass is 247 g/mol. The molecule has 18 heavy (non-hydrogen) atoms. The first-order chi connectivity index (χ1) is 8.69. The van der Waals surface area contributed by atoms with Gasteiger partial charge in [-0.25, -0.2) is 0 Å². The Bertz CT molecular complexity index is 389. The molecule has 0 fully saturated rings. The van der Waals surface area contributed by atoms with Crippen LogP contribution in [0.5, 0.6) is 5.75 Å². The Morgan fingerprint density at radius 2 is 2.00 bits per heavy atom. The van der Waals surface area contributed by atoms with Gasteiger partial charge in [0.15, 0.2) is 0 Å². The average molecular weight is 247 g/mol. The first-order valence-corrected chi connectivity index (χ1v) is 7.21. The van der Waals surface area contributed by atoms with E-state index in [2.05, 4.69) is 44.3 Å². The lowest BCUT2D eigenvalue weighted by molar-refractivity contribution is 0.212. The summed E-state index contributed by atoms with van der Waals surface area (Å²) in [5.41, 5.74) is 2.99. The molecule has 0 saturated carbocycles. The molecule has 2 atom stereocenters. The van der Waals surface area contributed by atoms with Crippen LogP contribution >= 0.6 is 0 Å². The van der Waals surface area contributed by atoms with E-state index in [0.717, 1.165) is 18.7 Å². The van der Waals surface area contributed by atoms with Crippen LogP contribution in [0.25, 0.3) is 0 Å². The second kappa shape index (κ2) is 6.24. The van der Waals surface area contributed by atoms with Crippen molar-refractivity contribution in [2.75, 3.05) is 6.54 Å². The molecule has 0 radical (unpaired) electrons. The number of rotatable bonds is 6. The van der Waals surface area contributed by atoms with Gasteiger partial charge in [0, 0.05) is 12.6 Å². The number of nitrogens with one attached hydrogen (secondary N) is 1. The Balaban J connectivity index is 1.85. The van der Waals surface area contributed by atoms with Crippen LogP contribution in [0.2, 0.25) is 0 Å². The summed E-state index contributed by atoms with van der Waals surface area (Å²) in [6.07, 6.45) is 5.13. The lowest BCUT2D eigenvalue weighted by Crippen LogP contribution is -2.34. The Morgan fingerprint density at radius 3 is 2.78 bits per heavy atom. The van der Waals surface area contributed by atoms with Crippen LogP contribution in [-0.2, 0) is 12.8 Å². The highest BCUT2D eigenvalue weighted by molar-refractivity contribution is 5.38. The summed E-state index contributed by atoms with van der Waals surface area (Å²) in [4.78, 5) is 0. The molecule has 1 N–H and O–H groups in total. The molecule has 2 rings (SSSR count). The molecular weight excluding hydrogens is 222 g/mol. The topological polar surface area (TPSA) is 21.3 Å². The zero-order chi connectivity index (χ0) is 13.0. The molecule has 1 aliphatic rings. The van der Waals surface area contributed by atoms with Crippen LogP contribution in [0.15, 0.2) is 18.2 Å². The van der Waals surface area contributed by atoms with Crippen LogP contribution < -0.4 is 10.1 Å².